The number of carboxylic acids is 2. The number of aromatic nitrogens is 1. The second kappa shape index (κ2) is 19.7. The van der Waals surface area contributed by atoms with E-state index < -0.39 is 35.7 Å². The molecule has 1 aromatic heterocycles. The molecule has 1 fully saturated rings. The number of halogens is 7. The van der Waals surface area contributed by atoms with Gasteiger partial charge in [-0.2, -0.15) is 26.3 Å². The van der Waals surface area contributed by atoms with Crippen molar-refractivity contribution in [2.75, 3.05) is 0 Å². The molecule has 56 heavy (non-hydrogen) atoms. The summed E-state index contributed by atoms with van der Waals surface area (Å²) in [5.41, 5.74) is 5.08. The molecule has 0 bridgehead atoms. The number of carbonyl (C=O) groups is 4. The van der Waals surface area contributed by atoms with Gasteiger partial charge >= 0.3 is 24.3 Å². The maximum Gasteiger partial charge on any atom is 0.490 e. The fourth-order valence-corrected chi connectivity index (χ4v) is 5.67. The third kappa shape index (κ3) is 14.1. The second-order valence-corrected chi connectivity index (χ2v) is 12.6. The molecule has 1 aliphatic carbocycles. The fourth-order valence-electron chi connectivity index (χ4n) is 5.67. The Morgan fingerprint density at radius 1 is 0.857 bits per heavy atom. The van der Waals surface area contributed by atoms with Crippen molar-refractivity contribution in [3.63, 3.8) is 0 Å². The molecule has 12 nitrogen and oxygen atoms in total. The number of rotatable bonds is 10. The summed E-state index contributed by atoms with van der Waals surface area (Å²) < 4.78 is 83.0. The first kappa shape index (κ1) is 44.6. The predicted molar refractivity (Wildman–Crippen MR) is 185 cm³/mol. The van der Waals surface area contributed by atoms with E-state index in [1.54, 1.807) is 35.8 Å². The number of hydrogen-bond donors (Lipinski definition) is 6. The Morgan fingerprint density at radius 2 is 1.45 bits per heavy atom. The highest BCUT2D eigenvalue weighted by Gasteiger charge is 2.40. The first-order chi connectivity index (χ1) is 26.2. The topological polar surface area (TPSA) is 187 Å². The Hall–Kier alpha value is -5.82. The molecule has 6 N–H and O–H groups in total. The third-order valence-corrected chi connectivity index (χ3v) is 8.35. The van der Waals surface area contributed by atoms with E-state index in [4.69, 9.17) is 24.5 Å². The van der Waals surface area contributed by atoms with Crippen LogP contribution in [0.1, 0.15) is 59.3 Å². The summed E-state index contributed by atoms with van der Waals surface area (Å²) >= 11 is 0. The Bertz CT molecular complexity index is 1940. The molecule has 1 aliphatic rings. The number of nitrogens with one attached hydrogen (secondary N) is 3. The van der Waals surface area contributed by atoms with Crippen LogP contribution in [0.15, 0.2) is 78.9 Å². The van der Waals surface area contributed by atoms with Crippen molar-refractivity contribution >= 4 is 34.7 Å². The molecule has 302 valence electrons. The van der Waals surface area contributed by atoms with Gasteiger partial charge in [0.15, 0.2) is 0 Å². The van der Waals surface area contributed by atoms with Crippen LogP contribution in [0.5, 0.6) is 5.75 Å². The number of amides is 2. The third-order valence-electron chi connectivity index (χ3n) is 8.35. The van der Waals surface area contributed by atoms with Gasteiger partial charge in [-0.1, -0.05) is 30.3 Å². The number of aliphatic carboxylic acids is 2. The van der Waals surface area contributed by atoms with Crippen LogP contribution in [0.25, 0.3) is 10.9 Å². The van der Waals surface area contributed by atoms with Gasteiger partial charge in [-0.05, 0) is 86.7 Å². The van der Waals surface area contributed by atoms with Crippen LogP contribution in [0.4, 0.5) is 30.7 Å². The lowest BCUT2D eigenvalue weighted by Gasteiger charge is -2.40. The SMILES string of the molecule is Cc1cc(COc2ccc(C(=O)N[C@]3(CC(=O)NO)CC[C@@H](NCc4cccc(F)c4)CC3)cc2)c2ccccc2n1.O=C(O)C(F)(F)F.O=C(O)C(F)(F)F. The van der Waals surface area contributed by atoms with Gasteiger partial charge in [-0.15, -0.1) is 0 Å². The number of alkyl halides is 6. The van der Waals surface area contributed by atoms with E-state index in [-0.39, 0.29) is 24.2 Å². The number of benzene rings is 3. The van der Waals surface area contributed by atoms with E-state index >= 15 is 0 Å². The van der Waals surface area contributed by atoms with E-state index in [2.05, 4.69) is 15.6 Å². The normalized spacial score (nSPS) is 16.6. The van der Waals surface area contributed by atoms with Gasteiger partial charge < -0.3 is 25.6 Å². The van der Waals surface area contributed by atoms with E-state index in [9.17, 15) is 45.5 Å². The summed E-state index contributed by atoms with van der Waals surface area (Å²) in [4.78, 5) is 47.8. The molecule has 0 saturated heterocycles. The Balaban J connectivity index is 0.000000512. The molecule has 3 aromatic carbocycles. The first-order valence-corrected chi connectivity index (χ1v) is 16.6. The van der Waals surface area contributed by atoms with Crippen molar-refractivity contribution in [1.82, 2.24) is 21.1 Å². The number of hydroxylamine groups is 1. The molecule has 1 heterocycles. The molecule has 19 heteroatoms. The average Bonchev–Trinajstić information content (AvgIpc) is 3.13. The van der Waals surface area contributed by atoms with Crippen molar-refractivity contribution in [2.24, 2.45) is 0 Å². The quantitative estimate of drug-likeness (QED) is 0.0578. The van der Waals surface area contributed by atoms with E-state index in [0.717, 1.165) is 27.7 Å². The van der Waals surface area contributed by atoms with Gasteiger partial charge in [0, 0.05) is 40.3 Å². The van der Waals surface area contributed by atoms with Crippen molar-refractivity contribution in [2.45, 2.75) is 76.1 Å². The number of carbonyl (C=O) groups excluding carboxylic acids is 2. The number of aryl methyl sites for hydroxylation is 1. The standard InChI is InChI=1S/C33H35FN4O4.2C2HF3O2/c1-22-17-25(29-7-2-3-8-30(29)36-22)21-42-28-11-9-24(10-12-28)32(40)37-33(19-31(39)38-41)15-13-27(14-16-33)35-20-23-5-4-6-26(34)18-23;2*3-2(4,5)1(6)7/h2-12,17-18,27,35,41H,13-16,19-21H2,1H3,(H,37,40)(H,38,39);2*(H,6,7)/t27-,33-;;. The molecular formula is C37H37F7N4O8. The van der Waals surface area contributed by atoms with E-state index in [1.165, 1.54) is 12.1 Å². The maximum absolute atomic E-state index is 13.5. The fraction of sp³-hybridized carbons (Fsp3) is 0.324. The lowest BCUT2D eigenvalue weighted by molar-refractivity contribution is -0.193. The monoisotopic (exact) mass is 798 g/mol. The highest BCUT2D eigenvalue weighted by molar-refractivity contribution is 5.95. The number of para-hydroxylation sites is 1. The highest BCUT2D eigenvalue weighted by Crippen LogP contribution is 2.32. The van der Waals surface area contributed by atoms with E-state index in [0.29, 0.717) is 50.1 Å². The Kier molecular flexibility index (Phi) is 15.7. The predicted octanol–water partition coefficient (Wildman–Crippen LogP) is 6.62. The van der Waals surface area contributed by atoms with Crippen LogP contribution < -0.4 is 20.9 Å². The van der Waals surface area contributed by atoms with Crippen LogP contribution in [0, 0.1) is 12.7 Å². The smallest absolute Gasteiger partial charge is 0.489 e. The largest absolute Gasteiger partial charge is 0.490 e. The van der Waals surface area contributed by atoms with Gasteiger partial charge in [0.25, 0.3) is 5.91 Å². The second-order valence-electron chi connectivity index (χ2n) is 12.6. The summed E-state index contributed by atoms with van der Waals surface area (Å²) in [6, 6.07) is 23.5. The molecule has 0 atom stereocenters. The highest BCUT2D eigenvalue weighted by atomic mass is 19.4. The van der Waals surface area contributed by atoms with Gasteiger partial charge in [-0.25, -0.2) is 19.5 Å². The summed E-state index contributed by atoms with van der Waals surface area (Å²) in [6.07, 6.45) is -7.68. The van der Waals surface area contributed by atoms with Gasteiger partial charge in [0.2, 0.25) is 5.91 Å². The van der Waals surface area contributed by atoms with Crippen LogP contribution in [-0.4, -0.2) is 68.1 Å². The molecule has 5 rings (SSSR count). The first-order valence-electron chi connectivity index (χ1n) is 16.6. The number of fused-ring (bicyclic) bond motifs is 1. The zero-order valence-corrected chi connectivity index (χ0v) is 29.5. The van der Waals surface area contributed by atoms with Crippen molar-refractivity contribution in [3.8, 4) is 5.75 Å². The summed E-state index contributed by atoms with van der Waals surface area (Å²) in [6.45, 7) is 2.85. The van der Waals surface area contributed by atoms with Crippen molar-refractivity contribution < 1.29 is 70.1 Å². The minimum absolute atomic E-state index is 0.0354. The number of carboxylic acid groups (broad SMARTS) is 2. The lowest BCUT2D eigenvalue weighted by Crippen LogP contribution is -2.54. The van der Waals surface area contributed by atoms with Gasteiger partial charge in [-0.3, -0.25) is 19.8 Å². The van der Waals surface area contributed by atoms with Gasteiger partial charge in [0.05, 0.1) is 11.9 Å². The number of ether oxygens (including phenoxy) is 1. The number of hydrogen-bond acceptors (Lipinski definition) is 8. The number of nitrogens with zero attached hydrogens (tertiary/aromatic N) is 1. The Labute approximate surface area is 314 Å². The van der Waals surface area contributed by atoms with Crippen LogP contribution in [-0.2, 0) is 27.5 Å². The van der Waals surface area contributed by atoms with Crippen LogP contribution >= 0.6 is 0 Å². The zero-order valence-electron chi connectivity index (χ0n) is 29.5. The molecular weight excluding hydrogens is 761 g/mol. The average molecular weight is 799 g/mol. The number of pyridine rings is 1. The zero-order chi connectivity index (χ0) is 41.7. The van der Waals surface area contributed by atoms with Crippen molar-refractivity contribution in [3.05, 3.63) is 107 Å². The maximum atomic E-state index is 13.5. The summed E-state index contributed by atoms with van der Waals surface area (Å²) in [7, 11) is 0. The Morgan fingerprint density at radius 3 is 2.00 bits per heavy atom. The summed E-state index contributed by atoms with van der Waals surface area (Å²) in [5.74, 6) is -6.01. The minimum atomic E-state index is -5.08. The van der Waals surface area contributed by atoms with Crippen LogP contribution in [0.2, 0.25) is 0 Å². The van der Waals surface area contributed by atoms with Crippen molar-refractivity contribution in [1.29, 1.82) is 0 Å². The lowest BCUT2D eigenvalue weighted by atomic mass is 9.76. The molecule has 0 radical (unpaired) electrons. The molecule has 4 aromatic rings. The van der Waals surface area contributed by atoms with Gasteiger partial charge in [0.1, 0.15) is 18.2 Å². The molecule has 0 aliphatic heterocycles. The molecule has 0 spiro atoms. The summed E-state index contributed by atoms with van der Waals surface area (Å²) in [5, 5.41) is 31.0. The molecule has 2 amide bonds. The van der Waals surface area contributed by atoms with E-state index in [1.807, 2.05) is 43.3 Å². The van der Waals surface area contributed by atoms with Crippen LogP contribution in [0.3, 0.4) is 0 Å². The minimum Gasteiger partial charge on any atom is -0.489 e. The molecule has 0 unspecified atom stereocenters. The molecule has 1 saturated carbocycles.